The van der Waals surface area contributed by atoms with Gasteiger partial charge in [-0.25, -0.2) is 0 Å². The van der Waals surface area contributed by atoms with E-state index in [1.807, 2.05) is 0 Å². The van der Waals surface area contributed by atoms with Gasteiger partial charge in [0.25, 0.3) is 0 Å². The Balaban J connectivity index is 1.89. The van der Waals surface area contributed by atoms with Gasteiger partial charge in [-0.3, -0.25) is 0 Å². The number of rotatable bonds is 3. The van der Waals surface area contributed by atoms with Gasteiger partial charge in [-0.1, -0.05) is 37.3 Å². The molecule has 1 heterocycles. The van der Waals surface area contributed by atoms with E-state index >= 15 is 0 Å². The summed E-state index contributed by atoms with van der Waals surface area (Å²) in [5.74, 6) is 0. The highest BCUT2D eigenvalue weighted by Gasteiger charge is 2.17. The molecule has 2 heteroatoms. The van der Waals surface area contributed by atoms with Gasteiger partial charge in [0.15, 0.2) is 0 Å². The van der Waals surface area contributed by atoms with Gasteiger partial charge in [0.1, 0.15) is 0 Å². The third kappa shape index (κ3) is 3.05. The molecule has 1 fully saturated rings. The summed E-state index contributed by atoms with van der Waals surface area (Å²) >= 11 is 0. The average molecular weight is 204 g/mol. The van der Waals surface area contributed by atoms with E-state index in [9.17, 15) is 0 Å². The predicted octanol–water partition coefficient (Wildman–Crippen LogP) is 1.52. The molecule has 0 radical (unpaired) electrons. The summed E-state index contributed by atoms with van der Waals surface area (Å²) < 4.78 is 0. The number of likely N-dealkylation sites (N-methyl/N-ethyl adjacent to an activating group) is 1. The van der Waals surface area contributed by atoms with E-state index in [1.165, 1.54) is 25.2 Å². The van der Waals surface area contributed by atoms with Crippen LogP contribution in [0.25, 0.3) is 0 Å². The fraction of sp³-hybridized carbons (Fsp3) is 0.538. The van der Waals surface area contributed by atoms with E-state index in [2.05, 4.69) is 47.5 Å². The SMILES string of the molecule is CCN1CCN[C@@H](Cc2ccccc2)C1. The van der Waals surface area contributed by atoms with Crippen molar-refractivity contribution >= 4 is 0 Å². The first-order valence-electron chi connectivity index (χ1n) is 5.88. The zero-order valence-electron chi connectivity index (χ0n) is 9.45. The van der Waals surface area contributed by atoms with Crippen molar-refractivity contribution < 1.29 is 0 Å². The highest BCUT2D eigenvalue weighted by atomic mass is 15.2. The van der Waals surface area contributed by atoms with Gasteiger partial charge in [0, 0.05) is 25.7 Å². The summed E-state index contributed by atoms with van der Waals surface area (Å²) in [6.45, 7) is 6.93. The Kier molecular flexibility index (Phi) is 3.75. The quantitative estimate of drug-likeness (QED) is 0.803. The Bertz CT molecular complexity index is 284. The van der Waals surface area contributed by atoms with E-state index in [1.54, 1.807) is 0 Å². The summed E-state index contributed by atoms with van der Waals surface area (Å²) in [6, 6.07) is 11.4. The first kappa shape index (κ1) is 10.7. The van der Waals surface area contributed by atoms with Gasteiger partial charge < -0.3 is 10.2 Å². The maximum atomic E-state index is 3.59. The lowest BCUT2D eigenvalue weighted by Crippen LogP contribution is -2.51. The number of piperazine rings is 1. The van der Waals surface area contributed by atoms with Crippen molar-refractivity contribution in [1.82, 2.24) is 10.2 Å². The lowest BCUT2D eigenvalue weighted by atomic mass is 10.0. The van der Waals surface area contributed by atoms with Crippen molar-refractivity contribution in [3.05, 3.63) is 35.9 Å². The molecule has 1 aromatic carbocycles. The molecule has 0 unspecified atom stereocenters. The van der Waals surface area contributed by atoms with Crippen LogP contribution >= 0.6 is 0 Å². The van der Waals surface area contributed by atoms with Crippen molar-refractivity contribution in [3.63, 3.8) is 0 Å². The molecule has 0 spiro atoms. The van der Waals surface area contributed by atoms with Crippen molar-refractivity contribution in [2.24, 2.45) is 0 Å². The van der Waals surface area contributed by atoms with Crippen LogP contribution in [0.5, 0.6) is 0 Å². The third-order valence-electron chi connectivity index (χ3n) is 3.11. The molecule has 1 atom stereocenters. The maximum absolute atomic E-state index is 3.59. The Hall–Kier alpha value is -0.860. The van der Waals surface area contributed by atoms with Crippen LogP contribution in [-0.4, -0.2) is 37.1 Å². The summed E-state index contributed by atoms with van der Waals surface area (Å²) in [4.78, 5) is 2.52. The molecule has 15 heavy (non-hydrogen) atoms. The number of hydrogen-bond acceptors (Lipinski definition) is 2. The normalized spacial score (nSPS) is 22.9. The molecule has 1 aliphatic rings. The van der Waals surface area contributed by atoms with Crippen molar-refractivity contribution in [2.45, 2.75) is 19.4 Å². The lowest BCUT2D eigenvalue weighted by molar-refractivity contribution is 0.208. The molecule has 82 valence electrons. The molecule has 2 nitrogen and oxygen atoms in total. The summed E-state index contributed by atoms with van der Waals surface area (Å²) in [6.07, 6.45) is 1.15. The van der Waals surface area contributed by atoms with Crippen LogP contribution in [0.15, 0.2) is 30.3 Å². The maximum Gasteiger partial charge on any atom is 0.0235 e. The number of nitrogens with one attached hydrogen (secondary N) is 1. The Morgan fingerprint density at radius 1 is 1.33 bits per heavy atom. The monoisotopic (exact) mass is 204 g/mol. The van der Waals surface area contributed by atoms with Crippen molar-refractivity contribution in [3.8, 4) is 0 Å². The highest BCUT2D eigenvalue weighted by Crippen LogP contribution is 2.07. The van der Waals surface area contributed by atoms with Gasteiger partial charge in [-0.15, -0.1) is 0 Å². The second kappa shape index (κ2) is 5.29. The zero-order chi connectivity index (χ0) is 10.5. The average Bonchev–Trinajstić information content (AvgIpc) is 2.31. The van der Waals surface area contributed by atoms with E-state index < -0.39 is 0 Å². The van der Waals surface area contributed by atoms with Crippen LogP contribution < -0.4 is 5.32 Å². The lowest BCUT2D eigenvalue weighted by Gasteiger charge is -2.33. The molecule has 1 aromatic rings. The number of benzene rings is 1. The first-order chi connectivity index (χ1) is 7.38. The zero-order valence-corrected chi connectivity index (χ0v) is 9.45. The molecule has 0 bridgehead atoms. The predicted molar refractivity (Wildman–Crippen MR) is 64.1 cm³/mol. The van der Waals surface area contributed by atoms with Crippen LogP contribution in [0.3, 0.4) is 0 Å². The fourth-order valence-electron chi connectivity index (χ4n) is 2.22. The van der Waals surface area contributed by atoms with Crippen molar-refractivity contribution in [1.29, 1.82) is 0 Å². The third-order valence-corrected chi connectivity index (χ3v) is 3.11. The molecule has 2 rings (SSSR count). The standard InChI is InChI=1S/C13H20N2/c1-2-15-9-8-14-13(11-15)10-12-6-4-3-5-7-12/h3-7,13-14H,2,8-11H2,1H3/t13-/m0/s1. The molecule has 1 aliphatic heterocycles. The van der Waals surface area contributed by atoms with Crippen LogP contribution in [0.2, 0.25) is 0 Å². The van der Waals surface area contributed by atoms with E-state index in [-0.39, 0.29) is 0 Å². The molecule has 0 amide bonds. The summed E-state index contributed by atoms with van der Waals surface area (Å²) in [5.41, 5.74) is 1.44. The molecule has 0 aromatic heterocycles. The van der Waals surface area contributed by atoms with Crippen LogP contribution in [0.4, 0.5) is 0 Å². The van der Waals surface area contributed by atoms with Gasteiger partial charge in [-0.2, -0.15) is 0 Å². The van der Waals surface area contributed by atoms with Gasteiger partial charge >= 0.3 is 0 Å². The van der Waals surface area contributed by atoms with Crippen LogP contribution in [-0.2, 0) is 6.42 Å². The Labute approximate surface area is 92.3 Å². The Morgan fingerprint density at radius 3 is 2.87 bits per heavy atom. The minimum absolute atomic E-state index is 0.626. The molecule has 1 saturated heterocycles. The van der Waals surface area contributed by atoms with Crippen LogP contribution in [0, 0.1) is 0 Å². The van der Waals surface area contributed by atoms with Gasteiger partial charge in [0.05, 0.1) is 0 Å². The molecular weight excluding hydrogens is 184 g/mol. The molecular formula is C13H20N2. The van der Waals surface area contributed by atoms with Gasteiger partial charge in [0.2, 0.25) is 0 Å². The van der Waals surface area contributed by atoms with Crippen molar-refractivity contribution in [2.75, 3.05) is 26.2 Å². The Morgan fingerprint density at radius 2 is 2.13 bits per heavy atom. The van der Waals surface area contributed by atoms with E-state index in [0.717, 1.165) is 13.0 Å². The van der Waals surface area contributed by atoms with Gasteiger partial charge in [-0.05, 0) is 18.5 Å². The second-order valence-electron chi connectivity index (χ2n) is 4.23. The summed E-state index contributed by atoms with van der Waals surface area (Å²) in [7, 11) is 0. The minimum atomic E-state index is 0.626. The number of hydrogen-bond donors (Lipinski definition) is 1. The minimum Gasteiger partial charge on any atom is -0.311 e. The molecule has 0 saturated carbocycles. The first-order valence-corrected chi connectivity index (χ1v) is 5.88. The van der Waals surface area contributed by atoms with E-state index in [4.69, 9.17) is 0 Å². The number of nitrogens with zero attached hydrogens (tertiary/aromatic N) is 1. The second-order valence-corrected chi connectivity index (χ2v) is 4.23. The molecule has 0 aliphatic carbocycles. The van der Waals surface area contributed by atoms with E-state index in [0.29, 0.717) is 6.04 Å². The smallest absolute Gasteiger partial charge is 0.0235 e. The van der Waals surface area contributed by atoms with Crippen LogP contribution in [0.1, 0.15) is 12.5 Å². The molecule has 1 N–H and O–H groups in total. The highest BCUT2D eigenvalue weighted by molar-refractivity contribution is 5.16. The fourth-order valence-corrected chi connectivity index (χ4v) is 2.22. The summed E-state index contributed by atoms with van der Waals surface area (Å²) in [5, 5.41) is 3.59. The topological polar surface area (TPSA) is 15.3 Å². The largest absolute Gasteiger partial charge is 0.311 e.